The SMILES string of the molecule is C[C@@H]1[C@@H](NC(=O)[C@@H]2[C@H]([C@H](C)O)[C@H](C)ON2Cc2cccc(N3CCNCC3)c2)C[C@H]2C[C@@H]1C2(C)C. The highest BCUT2D eigenvalue weighted by atomic mass is 16.7. The summed E-state index contributed by atoms with van der Waals surface area (Å²) >= 11 is 0. The zero-order valence-corrected chi connectivity index (χ0v) is 22.0. The summed E-state index contributed by atoms with van der Waals surface area (Å²) in [5.41, 5.74) is 2.71. The largest absolute Gasteiger partial charge is 0.393 e. The van der Waals surface area contributed by atoms with E-state index in [1.165, 1.54) is 12.1 Å². The molecule has 3 saturated carbocycles. The fraction of sp³-hybridized carbons (Fsp3) is 0.750. The number of fused-ring (bicyclic) bond motifs is 2. The quantitative estimate of drug-likeness (QED) is 0.577. The number of amides is 1. The van der Waals surface area contributed by atoms with E-state index in [0.29, 0.717) is 29.7 Å². The van der Waals surface area contributed by atoms with Gasteiger partial charge < -0.3 is 20.6 Å². The summed E-state index contributed by atoms with van der Waals surface area (Å²) in [6, 6.07) is 8.24. The Morgan fingerprint density at radius 3 is 2.66 bits per heavy atom. The third-order valence-electron chi connectivity index (χ3n) is 9.76. The number of hydrogen-bond donors (Lipinski definition) is 3. The van der Waals surface area contributed by atoms with Crippen molar-refractivity contribution in [1.82, 2.24) is 15.7 Å². The molecular weight excluding hydrogens is 440 g/mol. The topological polar surface area (TPSA) is 77.1 Å². The van der Waals surface area contributed by atoms with Gasteiger partial charge in [0.25, 0.3) is 0 Å². The molecule has 2 saturated heterocycles. The van der Waals surface area contributed by atoms with Gasteiger partial charge in [-0.2, -0.15) is 5.06 Å². The lowest BCUT2D eigenvalue weighted by Crippen LogP contribution is -2.62. The van der Waals surface area contributed by atoms with Gasteiger partial charge in [-0.15, -0.1) is 0 Å². The van der Waals surface area contributed by atoms with Gasteiger partial charge in [0.2, 0.25) is 5.91 Å². The summed E-state index contributed by atoms with van der Waals surface area (Å²) in [4.78, 5) is 22.4. The van der Waals surface area contributed by atoms with Crippen LogP contribution in [0.25, 0.3) is 0 Å². The first-order valence-electron chi connectivity index (χ1n) is 13.6. The van der Waals surface area contributed by atoms with Gasteiger partial charge in [-0.1, -0.05) is 32.9 Å². The van der Waals surface area contributed by atoms with Crippen molar-refractivity contribution in [3.63, 3.8) is 0 Å². The number of piperazine rings is 1. The summed E-state index contributed by atoms with van der Waals surface area (Å²) < 4.78 is 0. The number of benzene rings is 1. The standard InChI is InChI=1S/C28H44N4O3/c1-17-23-14-21(28(23,4)5)15-24(17)30-27(34)26-25(18(2)33)19(3)35-32(26)16-20-7-6-8-22(13-20)31-11-9-29-10-12-31/h6-8,13,17-19,21,23-26,29,33H,9-12,14-16H2,1-5H3,(H,30,34)/t17-,18-,19-,21+,23-,24-,25+,26-/m0/s1. The molecule has 35 heavy (non-hydrogen) atoms. The maximum absolute atomic E-state index is 13.8. The second kappa shape index (κ2) is 9.66. The molecule has 5 fully saturated rings. The van der Waals surface area contributed by atoms with Gasteiger partial charge in [-0.3, -0.25) is 9.63 Å². The smallest absolute Gasteiger partial charge is 0.240 e. The van der Waals surface area contributed by atoms with Gasteiger partial charge in [0, 0.05) is 43.8 Å². The molecule has 8 atom stereocenters. The zero-order valence-electron chi connectivity index (χ0n) is 22.0. The van der Waals surface area contributed by atoms with E-state index in [0.717, 1.165) is 38.2 Å². The van der Waals surface area contributed by atoms with Crippen molar-refractivity contribution in [3.05, 3.63) is 29.8 Å². The molecule has 5 aliphatic rings. The van der Waals surface area contributed by atoms with Crippen LogP contribution in [0.3, 0.4) is 0 Å². The first-order valence-corrected chi connectivity index (χ1v) is 13.6. The van der Waals surface area contributed by atoms with Crippen molar-refractivity contribution in [1.29, 1.82) is 0 Å². The Hall–Kier alpha value is -1.67. The zero-order chi connectivity index (χ0) is 24.9. The number of rotatable bonds is 6. The Morgan fingerprint density at radius 1 is 1.26 bits per heavy atom. The van der Waals surface area contributed by atoms with Crippen LogP contribution >= 0.6 is 0 Å². The summed E-state index contributed by atoms with van der Waals surface area (Å²) in [5.74, 6) is 1.55. The molecule has 2 heterocycles. The van der Waals surface area contributed by atoms with Crippen LogP contribution in [0.15, 0.2) is 24.3 Å². The van der Waals surface area contributed by atoms with E-state index in [1.54, 1.807) is 6.92 Å². The number of aliphatic hydroxyl groups excluding tert-OH is 1. The Morgan fingerprint density at radius 2 is 2.00 bits per heavy atom. The first kappa shape index (κ1) is 25.0. The number of anilines is 1. The van der Waals surface area contributed by atoms with Gasteiger partial charge >= 0.3 is 0 Å². The molecule has 0 unspecified atom stereocenters. The second-order valence-electron chi connectivity index (χ2n) is 12.1. The monoisotopic (exact) mass is 484 g/mol. The highest BCUT2D eigenvalue weighted by Crippen LogP contribution is 2.61. The predicted octanol–water partition coefficient (Wildman–Crippen LogP) is 2.78. The molecule has 1 aromatic carbocycles. The number of carbonyl (C=O) groups is 1. The number of nitrogens with one attached hydrogen (secondary N) is 2. The minimum Gasteiger partial charge on any atom is -0.393 e. The lowest BCUT2D eigenvalue weighted by molar-refractivity contribution is -0.174. The average Bonchev–Trinajstić information content (AvgIpc) is 3.16. The molecule has 7 nitrogen and oxygen atoms in total. The summed E-state index contributed by atoms with van der Waals surface area (Å²) in [7, 11) is 0. The molecule has 0 radical (unpaired) electrons. The highest BCUT2D eigenvalue weighted by molar-refractivity contribution is 5.82. The lowest BCUT2D eigenvalue weighted by atomic mass is 9.45. The van der Waals surface area contributed by atoms with Crippen LogP contribution in [0.4, 0.5) is 5.69 Å². The Labute approximate surface area is 210 Å². The number of nitrogens with zero attached hydrogens (tertiary/aromatic N) is 2. The summed E-state index contributed by atoms with van der Waals surface area (Å²) in [5, 5.41) is 19.3. The van der Waals surface area contributed by atoms with Crippen LogP contribution in [-0.2, 0) is 16.2 Å². The number of aliphatic hydroxyl groups is 1. The van der Waals surface area contributed by atoms with Crippen LogP contribution in [0, 0.1) is 29.1 Å². The molecule has 2 bridgehead atoms. The molecule has 6 rings (SSSR count). The third-order valence-corrected chi connectivity index (χ3v) is 9.76. The van der Waals surface area contributed by atoms with Crippen molar-refractivity contribution in [3.8, 4) is 0 Å². The fourth-order valence-corrected chi connectivity index (χ4v) is 7.46. The van der Waals surface area contributed by atoms with E-state index < -0.39 is 12.1 Å². The molecular formula is C28H44N4O3. The van der Waals surface area contributed by atoms with E-state index in [-0.39, 0.29) is 24.0 Å². The first-order chi connectivity index (χ1) is 16.7. The van der Waals surface area contributed by atoms with Crippen LogP contribution < -0.4 is 15.5 Å². The average molecular weight is 485 g/mol. The van der Waals surface area contributed by atoms with E-state index in [4.69, 9.17) is 4.84 Å². The third kappa shape index (κ3) is 4.61. The van der Waals surface area contributed by atoms with Crippen molar-refractivity contribution in [2.45, 2.75) is 78.3 Å². The van der Waals surface area contributed by atoms with E-state index >= 15 is 0 Å². The molecule has 3 N–H and O–H groups in total. The molecule has 1 aromatic rings. The molecule has 0 spiro atoms. The Bertz CT molecular complexity index is 915. The molecule has 2 aliphatic heterocycles. The summed E-state index contributed by atoms with van der Waals surface area (Å²) in [6.07, 6.45) is 1.48. The van der Waals surface area contributed by atoms with Crippen LogP contribution in [0.1, 0.15) is 53.0 Å². The van der Waals surface area contributed by atoms with Crippen LogP contribution in [0.2, 0.25) is 0 Å². The minimum atomic E-state index is -0.631. The van der Waals surface area contributed by atoms with Crippen molar-refractivity contribution in [2.24, 2.45) is 29.1 Å². The van der Waals surface area contributed by atoms with Crippen molar-refractivity contribution < 1.29 is 14.7 Å². The maximum Gasteiger partial charge on any atom is 0.240 e. The second-order valence-corrected chi connectivity index (χ2v) is 12.1. The Kier molecular flexibility index (Phi) is 6.90. The van der Waals surface area contributed by atoms with Crippen LogP contribution in [-0.4, -0.2) is 66.5 Å². The van der Waals surface area contributed by atoms with Gasteiger partial charge in [0.1, 0.15) is 6.04 Å². The van der Waals surface area contributed by atoms with Gasteiger partial charge in [-0.05, 0) is 67.6 Å². The molecule has 3 aliphatic carbocycles. The molecule has 1 amide bonds. The molecule has 7 heteroatoms. The molecule has 0 aromatic heterocycles. The predicted molar refractivity (Wildman–Crippen MR) is 138 cm³/mol. The van der Waals surface area contributed by atoms with Gasteiger partial charge in [0.05, 0.1) is 18.8 Å². The summed E-state index contributed by atoms with van der Waals surface area (Å²) in [6.45, 7) is 15.3. The Balaban J connectivity index is 1.31. The fourth-order valence-electron chi connectivity index (χ4n) is 7.46. The van der Waals surface area contributed by atoms with Crippen molar-refractivity contribution in [2.75, 3.05) is 31.1 Å². The van der Waals surface area contributed by atoms with Gasteiger partial charge in [-0.25, -0.2) is 0 Å². The normalized spacial score (nSPS) is 37.5. The number of carbonyl (C=O) groups excluding carboxylic acids is 1. The van der Waals surface area contributed by atoms with E-state index in [9.17, 15) is 9.90 Å². The van der Waals surface area contributed by atoms with Crippen LogP contribution in [0.5, 0.6) is 0 Å². The van der Waals surface area contributed by atoms with Crippen molar-refractivity contribution >= 4 is 11.6 Å². The van der Waals surface area contributed by atoms with E-state index in [2.05, 4.69) is 60.6 Å². The van der Waals surface area contributed by atoms with E-state index in [1.807, 2.05) is 12.0 Å². The van der Waals surface area contributed by atoms with Gasteiger partial charge in [0.15, 0.2) is 0 Å². The lowest BCUT2D eigenvalue weighted by Gasteiger charge is -2.62. The number of hydrogen-bond acceptors (Lipinski definition) is 6. The maximum atomic E-state index is 13.8. The minimum absolute atomic E-state index is 0.00512. The highest BCUT2D eigenvalue weighted by Gasteiger charge is 2.57. The number of hydroxylamine groups is 2. The molecule has 194 valence electrons.